The van der Waals surface area contributed by atoms with Crippen molar-refractivity contribution < 1.29 is 24.3 Å². The second kappa shape index (κ2) is 10.3. The maximum Gasteiger partial charge on any atom is 0.306 e. The molecule has 2 N–H and O–H groups in total. The molecule has 0 amide bonds. The molecule has 0 fully saturated rings. The summed E-state index contributed by atoms with van der Waals surface area (Å²) < 4.78 is 11.7. The van der Waals surface area contributed by atoms with E-state index in [1.807, 2.05) is 44.2 Å². The summed E-state index contributed by atoms with van der Waals surface area (Å²) in [4.78, 5) is 28.8. The van der Waals surface area contributed by atoms with Gasteiger partial charge in [-0.3, -0.25) is 14.6 Å². The summed E-state index contributed by atoms with van der Waals surface area (Å²) in [7, 11) is 1.33. The summed E-state index contributed by atoms with van der Waals surface area (Å²) >= 11 is 0. The van der Waals surface area contributed by atoms with Crippen LogP contribution in [0.5, 0.6) is 5.75 Å². The van der Waals surface area contributed by atoms with Gasteiger partial charge in [0, 0.05) is 30.6 Å². The van der Waals surface area contributed by atoms with Gasteiger partial charge in [0.2, 0.25) is 0 Å². The van der Waals surface area contributed by atoms with Crippen molar-refractivity contribution in [1.29, 1.82) is 0 Å². The highest BCUT2D eigenvalue weighted by molar-refractivity contribution is 5.92. The fraction of sp³-hybridized carbons (Fsp3) is 0.458. The van der Waals surface area contributed by atoms with Gasteiger partial charge in [-0.1, -0.05) is 6.07 Å². The number of rotatable bonds is 7. The number of ether oxygens (including phenoxy) is 2. The highest BCUT2D eigenvalue weighted by Gasteiger charge is 2.31. The van der Waals surface area contributed by atoms with Gasteiger partial charge in [-0.15, -0.1) is 0 Å². The molecule has 32 heavy (non-hydrogen) atoms. The summed E-state index contributed by atoms with van der Waals surface area (Å²) in [5, 5.41) is 13.3. The second-order valence-electron chi connectivity index (χ2n) is 8.20. The van der Waals surface area contributed by atoms with Crippen LogP contribution in [-0.2, 0) is 20.7 Å². The molecule has 2 heterocycles. The van der Waals surface area contributed by atoms with E-state index >= 15 is 0 Å². The number of Topliss-reactive ketones (excluding diaryl/α,β-unsaturated/α-hetero) is 1. The van der Waals surface area contributed by atoms with E-state index in [0.717, 1.165) is 27.2 Å². The summed E-state index contributed by atoms with van der Waals surface area (Å²) in [6.07, 6.45) is 1.25. The van der Waals surface area contributed by atoms with Gasteiger partial charge >= 0.3 is 5.97 Å². The molecule has 1 aliphatic heterocycles. The van der Waals surface area contributed by atoms with Gasteiger partial charge in [0.15, 0.2) is 11.3 Å². The molecule has 0 radical (unpaired) electrons. The number of anilines is 1. The monoisotopic (exact) mass is 441 g/mol. The first-order valence-electron chi connectivity index (χ1n) is 10.8. The predicted octanol–water partition coefficient (Wildman–Crippen LogP) is 2.82. The number of hydrogen-bond donors (Lipinski definition) is 2. The maximum atomic E-state index is 12.6. The second-order valence-corrected chi connectivity index (χ2v) is 8.20. The normalized spacial score (nSPS) is 18.5. The van der Waals surface area contributed by atoms with Crippen LogP contribution in [-0.4, -0.2) is 48.0 Å². The number of ketones is 1. The van der Waals surface area contributed by atoms with Gasteiger partial charge in [-0.05, 0) is 56.5 Å². The molecule has 1 aromatic carbocycles. The zero-order chi connectivity index (χ0) is 23.3. The van der Waals surface area contributed by atoms with E-state index in [2.05, 4.69) is 10.3 Å². The van der Waals surface area contributed by atoms with E-state index in [1.165, 1.54) is 7.11 Å². The molecule has 2 unspecified atom stereocenters. The van der Waals surface area contributed by atoms with Gasteiger partial charge in [-0.25, -0.2) is 0 Å². The van der Waals surface area contributed by atoms with Crippen LogP contribution < -0.4 is 15.5 Å². The predicted molar refractivity (Wildman–Crippen MR) is 120 cm³/mol. The third-order valence-corrected chi connectivity index (χ3v) is 5.58. The third kappa shape index (κ3) is 5.69. The highest BCUT2D eigenvalue weighted by Crippen LogP contribution is 2.30. The van der Waals surface area contributed by atoms with Crippen molar-refractivity contribution in [1.82, 2.24) is 4.73 Å². The van der Waals surface area contributed by atoms with E-state index < -0.39 is 12.0 Å². The first-order chi connectivity index (χ1) is 15.3. The van der Waals surface area contributed by atoms with Crippen LogP contribution in [0.1, 0.15) is 36.6 Å². The first kappa shape index (κ1) is 23.4. The quantitative estimate of drug-likeness (QED) is 0.389. The lowest BCUT2D eigenvalue weighted by atomic mass is 9.91. The lowest BCUT2D eigenvalue weighted by Gasteiger charge is -2.15. The highest BCUT2D eigenvalue weighted by atomic mass is 16.5. The average Bonchev–Trinajstić information content (AvgIpc) is 2.87. The Kier molecular flexibility index (Phi) is 7.56. The van der Waals surface area contributed by atoms with Gasteiger partial charge in [0.25, 0.3) is 0 Å². The Morgan fingerprint density at radius 2 is 2.06 bits per heavy atom. The smallest absolute Gasteiger partial charge is 0.306 e. The summed E-state index contributed by atoms with van der Waals surface area (Å²) in [6, 6.07) is 9.02. The molecule has 8 heteroatoms. The molecule has 1 aromatic heterocycles. The Hall–Kier alpha value is -3.29. The van der Waals surface area contributed by atoms with Crippen molar-refractivity contribution in [3.05, 3.63) is 52.6 Å². The van der Waals surface area contributed by atoms with Crippen LogP contribution in [0, 0.1) is 19.8 Å². The minimum Gasteiger partial charge on any atom is -0.493 e. The molecule has 2 atom stereocenters. The molecule has 0 saturated heterocycles. The molecule has 0 aliphatic carbocycles. The van der Waals surface area contributed by atoms with Crippen LogP contribution in [0.25, 0.3) is 0 Å². The Morgan fingerprint density at radius 3 is 2.81 bits per heavy atom. The summed E-state index contributed by atoms with van der Waals surface area (Å²) in [6.45, 7) is 6.59. The third-order valence-electron chi connectivity index (χ3n) is 5.58. The molecular formula is C24H31N3O5. The van der Waals surface area contributed by atoms with E-state index in [1.54, 1.807) is 6.92 Å². The van der Waals surface area contributed by atoms with Crippen molar-refractivity contribution in [2.45, 2.75) is 46.1 Å². The fourth-order valence-corrected chi connectivity index (χ4v) is 3.88. The van der Waals surface area contributed by atoms with Gasteiger partial charge in [-0.2, -0.15) is 4.73 Å². The van der Waals surface area contributed by atoms with Crippen LogP contribution in [0.3, 0.4) is 0 Å². The van der Waals surface area contributed by atoms with Crippen LogP contribution in [0.15, 0.2) is 35.3 Å². The molecule has 2 aromatic rings. The Bertz CT molecular complexity index is 1060. The number of benzene rings is 1. The first-order valence-corrected chi connectivity index (χ1v) is 10.8. The molecule has 0 saturated carbocycles. The lowest BCUT2D eigenvalue weighted by molar-refractivity contribution is -0.143. The molecule has 0 bridgehead atoms. The number of carbonyl (C=O) groups is 2. The zero-order valence-corrected chi connectivity index (χ0v) is 19.1. The van der Waals surface area contributed by atoms with E-state index in [0.29, 0.717) is 37.2 Å². The maximum absolute atomic E-state index is 12.6. The number of nitrogens with one attached hydrogen (secondary N) is 1. The molecular weight excluding hydrogens is 410 g/mol. The van der Waals surface area contributed by atoms with Crippen molar-refractivity contribution in [2.24, 2.45) is 10.9 Å². The molecule has 8 nitrogen and oxygen atoms in total. The number of pyridine rings is 1. The van der Waals surface area contributed by atoms with Crippen molar-refractivity contribution in [3.63, 3.8) is 0 Å². The lowest BCUT2D eigenvalue weighted by Crippen LogP contribution is -2.32. The van der Waals surface area contributed by atoms with Crippen LogP contribution >= 0.6 is 0 Å². The number of fused-ring (bicyclic) bond motifs is 1. The standard InChI is InChI=1S/C24H31N3O5/c1-15-10-16(2)27(30)22(11-15)25-8-5-9-32-20-7-6-18-12-19(13-23(28)31-4)24(29)17(3)26-21(18)14-20/h6-7,10-11,14,17,19,26,30H,5,8-9,12-13H2,1-4H3. The minimum absolute atomic E-state index is 0.00295. The Labute approximate surface area is 187 Å². The average molecular weight is 442 g/mol. The van der Waals surface area contributed by atoms with Gasteiger partial charge < -0.3 is 20.0 Å². The Morgan fingerprint density at radius 1 is 1.28 bits per heavy atom. The number of esters is 1. The van der Waals surface area contributed by atoms with Crippen LogP contribution in [0.2, 0.25) is 0 Å². The van der Waals surface area contributed by atoms with Crippen LogP contribution in [0.4, 0.5) is 5.69 Å². The Balaban J connectivity index is 1.61. The number of hydrogen-bond acceptors (Lipinski definition) is 7. The molecule has 172 valence electrons. The van der Waals surface area contributed by atoms with Crippen molar-refractivity contribution in [2.75, 3.05) is 25.6 Å². The molecule has 3 rings (SSSR count). The number of methoxy groups -OCH3 is 1. The molecule has 1 aliphatic rings. The SMILES string of the molecule is COC(=O)CC1Cc2ccc(OCCCN=c3cc(C)cc(C)n3O)cc2NC(C)C1=O. The topological polar surface area (TPSA) is 102 Å². The van der Waals surface area contributed by atoms with E-state index in [-0.39, 0.29) is 18.2 Å². The number of aryl methyl sites for hydroxylation is 2. The number of aromatic nitrogens is 1. The van der Waals surface area contributed by atoms with E-state index in [9.17, 15) is 14.8 Å². The van der Waals surface area contributed by atoms with Gasteiger partial charge in [0.05, 0.1) is 31.9 Å². The number of nitrogens with zero attached hydrogens (tertiary/aromatic N) is 2. The van der Waals surface area contributed by atoms with Crippen molar-refractivity contribution >= 4 is 17.4 Å². The van der Waals surface area contributed by atoms with Gasteiger partial charge in [0.1, 0.15) is 5.75 Å². The van der Waals surface area contributed by atoms with E-state index in [4.69, 9.17) is 9.47 Å². The summed E-state index contributed by atoms with van der Waals surface area (Å²) in [5.41, 5.74) is 4.12. The zero-order valence-electron chi connectivity index (χ0n) is 19.1. The number of carbonyl (C=O) groups excluding carboxylic acids is 2. The largest absolute Gasteiger partial charge is 0.493 e. The molecule has 0 spiro atoms. The minimum atomic E-state index is -0.404. The fourth-order valence-electron chi connectivity index (χ4n) is 3.88. The van der Waals surface area contributed by atoms with Crippen molar-refractivity contribution in [3.8, 4) is 5.75 Å². The summed E-state index contributed by atoms with van der Waals surface area (Å²) in [5.74, 6) is -0.0786.